The molecule has 2 aromatic rings. The van der Waals surface area contributed by atoms with E-state index in [4.69, 9.17) is 28.6 Å². The van der Waals surface area contributed by atoms with Crippen LogP contribution >= 0.6 is 35.6 Å². The first-order chi connectivity index (χ1) is 12.4. The van der Waals surface area contributed by atoms with Crippen LogP contribution in [-0.2, 0) is 11.4 Å². The van der Waals surface area contributed by atoms with Crippen molar-refractivity contribution < 1.29 is 14.5 Å². The zero-order chi connectivity index (χ0) is 18.7. The molecule has 2 aromatic carbocycles. The molecule has 0 saturated carbocycles. The quantitative estimate of drug-likeness (QED) is 0.345. The highest BCUT2D eigenvalue weighted by Gasteiger charge is 2.22. The first-order valence-electron chi connectivity index (χ1n) is 7.33. The van der Waals surface area contributed by atoms with Gasteiger partial charge in [0.15, 0.2) is 0 Å². The molecule has 0 atom stereocenters. The molecule has 1 amide bonds. The molecule has 1 aliphatic rings. The molecular formula is C17H11ClN2O4S2. The molecule has 0 aliphatic carbocycles. The van der Waals surface area contributed by atoms with Gasteiger partial charge in [-0.25, -0.2) is 0 Å². The monoisotopic (exact) mass is 406 g/mol. The number of carbonyl (C=O) groups excluding carboxylic acids is 1. The Morgan fingerprint density at radius 3 is 2.62 bits per heavy atom. The summed E-state index contributed by atoms with van der Waals surface area (Å²) in [5.74, 6) is 0.271. The fourth-order valence-electron chi connectivity index (χ4n) is 2.20. The van der Waals surface area contributed by atoms with Gasteiger partial charge in [-0.2, -0.15) is 0 Å². The van der Waals surface area contributed by atoms with E-state index >= 15 is 0 Å². The molecule has 0 unspecified atom stereocenters. The summed E-state index contributed by atoms with van der Waals surface area (Å²) in [6.45, 7) is 0.216. The van der Waals surface area contributed by atoms with E-state index in [1.54, 1.807) is 36.4 Å². The predicted molar refractivity (Wildman–Crippen MR) is 105 cm³/mol. The molecule has 0 radical (unpaired) electrons. The van der Waals surface area contributed by atoms with Crippen LogP contribution < -0.4 is 10.1 Å². The zero-order valence-electron chi connectivity index (χ0n) is 13.1. The summed E-state index contributed by atoms with van der Waals surface area (Å²) >= 11 is 12.2. The third-order valence-corrected chi connectivity index (χ3v) is 4.84. The molecule has 3 rings (SSSR count). The number of hydrogen-bond acceptors (Lipinski definition) is 6. The molecule has 9 heteroatoms. The predicted octanol–water partition coefficient (Wildman–Crippen LogP) is 4.32. The molecule has 1 saturated heterocycles. The van der Waals surface area contributed by atoms with Crippen molar-refractivity contribution >= 4 is 57.6 Å². The number of carbonyl (C=O) groups is 1. The Kier molecular flexibility index (Phi) is 5.55. The van der Waals surface area contributed by atoms with Crippen molar-refractivity contribution in [3.63, 3.8) is 0 Å². The summed E-state index contributed by atoms with van der Waals surface area (Å²) in [6.07, 6.45) is 1.66. The number of rotatable bonds is 5. The van der Waals surface area contributed by atoms with Gasteiger partial charge in [0.1, 0.15) is 16.7 Å². The first kappa shape index (κ1) is 18.4. The summed E-state index contributed by atoms with van der Waals surface area (Å²) in [5, 5.41) is 13.8. The lowest BCUT2D eigenvalue weighted by atomic mass is 10.1. The number of ether oxygens (including phenoxy) is 1. The number of benzene rings is 2. The Morgan fingerprint density at radius 1 is 1.27 bits per heavy atom. The van der Waals surface area contributed by atoms with Crippen molar-refractivity contribution in [3.05, 3.63) is 73.6 Å². The van der Waals surface area contributed by atoms with Crippen molar-refractivity contribution in [1.82, 2.24) is 5.32 Å². The summed E-state index contributed by atoms with van der Waals surface area (Å²) < 4.78 is 6.20. The number of nitro groups is 1. The normalized spacial score (nSPS) is 15.2. The second-order valence-electron chi connectivity index (χ2n) is 5.25. The Balaban J connectivity index is 1.80. The molecule has 1 fully saturated rings. The van der Waals surface area contributed by atoms with Gasteiger partial charge in [0.25, 0.3) is 11.6 Å². The smallest absolute Gasteiger partial charge is 0.269 e. The van der Waals surface area contributed by atoms with Crippen LogP contribution in [-0.4, -0.2) is 15.2 Å². The molecule has 0 spiro atoms. The molecule has 0 aromatic heterocycles. The van der Waals surface area contributed by atoms with Gasteiger partial charge in [-0.05, 0) is 42.0 Å². The number of thiocarbonyl (C=S) groups is 1. The number of nitrogens with zero attached hydrogens (tertiary/aromatic N) is 1. The summed E-state index contributed by atoms with van der Waals surface area (Å²) in [6, 6.07) is 11.2. The topological polar surface area (TPSA) is 81.5 Å². The third kappa shape index (κ3) is 4.40. The van der Waals surface area contributed by atoms with Gasteiger partial charge in [0.05, 0.1) is 9.83 Å². The molecule has 132 valence electrons. The lowest BCUT2D eigenvalue weighted by Crippen LogP contribution is -2.17. The highest BCUT2D eigenvalue weighted by molar-refractivity contribution is 8.26. The number of hydrogen-bond donors (Lipinski definition) is 1. The van der Waals surface area contributed by atoms with Crippen molar-refractivity contribution in [2.24, 2.45) is 0 Å². The number of nitro benzene ring substituents is 1. The maximum atomic E-state index is 11.8. The lowest BCUT2D eigenvalue weighted by Gasteiger charge is -2.10. The van der Waals surface area contributed by atoms with Gasteiger partial charge >= 0.3 is 0 Å². The van der Waals surface area contributed by atoms with Crippen molar-refractivity contribution in [3.8, 4) is 5.75 Å². The summed E-state index contributed by atoms with van der Waals surface area (Å²) in [5.41, 5.74) is 1.44. The fourth-order valence-corrected chi connectivity index (χ4v) is 3.42. The lowest BCUT2D eigenvalue weighted by molar-refractivity contribution is -0.384. The highest BCUT2D eigenvalue weighted by Crippen LogP contribution is 2.31. The molecule has 1 heterocycles. The minimum absolute atomic E-state index is 0.0194. The average molecular weight is 407 g/mol. The van der Waals surface area contributed by atoms with Crippen molar-refractivity contribution in [1.29, 1.82) is 0 Å². The molecule has 26 heavy (non-hydrogen) atoms. The van der Waals surface area contributed by atoms with E-state index in [0.717, 1.165) is 5.56 Å². The molecule has 1 aliphatic heterocycles. The van der Waals surface area contributed by atoms with Crippen LogP contribution in [0.3, 0.4) is 0 Å². The highest BCUT2D eigenvalue weighted by atomic mass is 35.5. The van der Waals surface area contributed by atoms with E-state index in [1.807, 2.05) is 0 Å². The Labute approximate surface area is 163 Å². The Bertz CT molecular complexity index is 929. The van der Waals surface area contributed by atoms with Gasteiger partial charge in [-0.15, -0.1) is 0 Å². The van der Waals surface area contributed by atoms with E-state index in [2.05, 4.69) is 5.32 Å². The standard InChI is InChI=1S/C17H11ClN2O4S2/c18-12-3-6-14(11(7-12)8-15-16(21)19-17(25)26-15)24-9-10-1-4-13(5-2-10)20(22)23/h1-8H,9H2,(H,19,21,25)/b15-8-. The third-order valence-electron chi connectivity index (χ3n) is 3.44. The van der Waals surface area contributed by atoms with Gasteiger partial charge in [-0.3, -0.25) is 14.9 Å². The average Bonchev–Trinajstić information content (AvgIpc) is 2.92. The Morgan fingerprint density at radius 2 is 2.00 bits per heavy atom. The van der Waals surface area contributed by atoms with Crippen molar-refractivity contribution in [2.45, 2.75) is 6.61 Å². The summed E-state index contributed by atoms with van der Waals surface area (Å²) in [4.78, 5) is 22.5. The molecular weight excluding hydrogens is 396 g/mol. The van der Waals surface area contributed by atoms with E-state index < -0.39 is 4.92 Å². The maximum absolute atomic E-state index is 11.8. The van der Waals surface area contributed by atoms with E-state index in [1.165, 1.54) is 23.9 Å². The molecule has 0 bridgehead atoms. The first-order valence-corrected chi connectivity index (χ1v) is 8.93. The maximum Gasteiger partial charge on any atom is 0.269 e. The summed E-state index contributed by atoms with van der Waals surface area (Å²) in [7, 11) is 0. The number of nitrogens with one attached hydrogen (secondary N) is 1. The van der Waals surface area contributed by atoms with Crippen LogP contribution in [0.2, 0.25) is 5.02 Å². The van der Waals surface area contributed by atoms with Crippen LogP contribution in [0.25, 0.3) is 6.08 Å². The number of thioether (sulfide) groups is 1. The van der Waals surface area contributed by atoms with Crippen LogP contribution in [0, 0.1) is 10.1 Å². The van der Waals surface area contributed by atoms with Crippen molar-refractivity contribution in [2.75, 3.05) is 0 Å². The number of halogens is 1. The molecule has 6 nitrogen and oxygen atoms in total. The van der Waals surface area contributed by atoms with E-state index in [-0.39, 0.29) is 18.2 Å². The number of amides is 1. The Hall–Kier alpha value is -2.42. The van der Waals surface area contributed by atoms with Crippen LogP contribution in [0.4, 0.5) is 5.69 Å². The van der Waals surface area contributed by atoms with Gasteiger partial charge in [0, 0.05) is 22.7 Å². The second-order valence-corrected chi connectivity index (χ2v) is 7.40. The van der Waals surface area contributed by atoms with Gasteiger partial charge in [-0.1, -0.05) is 35.6 Å². The SMILES string of the molecule is O=C1NC(=S)S/C1=C\c1cc(Cl)ccc1OCc1ccc([N+](=O)[O-])cc1. The van der Waals surface area contributed by atoms with E-state index in [9.17, 15) is 14.9 Å². The van der Waals surface area contributed by atoms with Gasteiger partial charge < -0.3 is 10.1 Å². The van der Waals surface area contributed by atoms with Crippen LogP contribution in [0.5, 0.6) is 5.75 Å². The second kappa shape index (κ2) is 7.86. The zero-order valence-corrected chi connectivity index (χ0v) is 15.5. The minimum atomic E-state index is -0.455. The largest absolute Gasteiger partial charge is 0.488 e. The van der Waals surface area contributed by atoms with E-state index in [0.29, 0.717) is 25.6 Å². The van der Waals surface area contributed by atoms with Crippen LogP contribution in [0.15, 0.2) is 47.4 Å². The van der Waals surface area contributed by atoms with Gasteiger partial charge in [0.2, 0.25) is 0 Å². The molecule has 1 N–H and O–H groups in total. The van der Waals surface area contributed by atoms with Crippen LogP contribution in [0.1, 0.15) is 11.1 Å². The number of non-ortho nitro benzene ring substituents is 1. The minimum Gasteiger partial charge on any atom is -0.488 e. The fraction of sp³-hybridized carbons (Fsp3) is 0.0588.